The number of hydrogen-bond donors (Lipinski definition) is 1. The Balaban J connectivity index is 2.76. The van der Waals surface area contributed by atoms with Gasteiger partial charge in [-0.05, 0) is 12.8 Å². The van der Waals surface area contributed by atoms with Gasteiger partial charge in [0.15, 0.2) is 0 Å². The highest BCUT2D eigenvalue weighted by Crippen LogP contribution is 1.97. The molecule has 0 saturated heterocycles. The van der Waals surface area contributed by atoms with Crippen LogP contribution in [0.2, 0.25) is 0 Å². The Hall–Kier alpha value is -0.0800. The van der Waals surface area contributed by atoms with Crippen molar-refractivity contribution in [2.24, 2.45) is 0 Å². The van der Waals surface area contributed by atoms with Crippen molar-refractivity contribution in [1.29, 1.82) is 0 Å². The molecule has 0 amide bonds. The molecule has 2 heteroatoms. The van der Waals surface area contributed by atoms with Crippen LogP contribution in [0.4, 0.5) is 0 Å². The van der Waals surface area contributed by atoms with Gasteiger partial charge in [0.05, 0.1) is 6.61 Å². The summed E-state index contributed by atoms with van der Waals surface area (Å²) in [6.07, 6.45) is 8.92. The quantitative estimate of drug-likeness (QED) is 0.418. The molecule has 0 aliphatic heterocycles. The van der Waals surface area contributed by atoms with Gasteiger partial charge in [-0.15, -0.1) is 0 Å². The maximum Gasteiger partial charge on any atom is 0.0682 e. The standard InChI is InChI=1S/C11H25NO/c1-3-5-7-8-10-12-13-11-9-6-4-2/h12H,3-11H2,1-2H3. The molecule has 13 heavy (non-hydrogen) atoms. The molecular formula is C11H25NO. The Morgan fingerprint density at radius 2 is 1.54 bits per heavy atom. The van der Waals surface area contributed by atoms with Crippen LogP contribution in [0.15, 0.2) is 0 Å². The van der Waals surface area contributed by atoms with Crippen LogP contribution >= 0.6 is 0 Å². The third-order valence-corrected chi connectivity index (χ3v) is 2.08. The van der Waals surface area contributed by atoms with E-state index >= 15 is 0 Å². The minimum absolute atomic E-state index is 0.863. The minimum atomic E-state index is 0.863. The lowest BCUT2D eigenvalue weighted by Gasteiger charge is -2.04. The van der Waals surface area contributed by atoms with Crippen LogP contribution in [0.5, 0.6) is 0 Å². The van der Waals surface area contributed by atoms with Crippen molar-refractivity contribution in [2.45, 2.75) is 58.8 Å². The molecule has 0 bridgehead atoms. The minimum Gasteiger partial charge on any atom is -0.302 e. The second kappa shape index (κ2) is 11.9. The number of nitrogens with one attached hydrogen (secondary N) is 1. The summed E-state index contributed by atoms with van der Waals surface area (Å²) in [5.41, 5.74) is 3.00. The van der Waals surface area contributed by atoms with Crippen LogP contribution in [-0.4, -0.2) is 13.2 Å². The molecule has 0 saturated carbocycles. The molecule has 0 aromatic rings. The summed E-state index contributed by atoms with van der Waals surface area (Å²) in [4.78, 5) is 5.27. The Labute approximate surface area is 83.0 Å². The van der Waals surface area contributed by atoms with Crippen LogP contribution in [0.25, 0.3) is 0 Å². The fraction of sp³-hybridized carbons (Fsp3) is 1.00. The summed E-state index contributed by atoms with van der Waals surface area (Å²) in [5.74, 6) is 0. The molecule has 0 aliphatic rings. The smallest absolute Gasteiger partial charge is 0.0682 e. The van der Waals surface area contributed by atoms with Crippen molar-refractivity contribution >= 4 is 0 Å². The zero-order valence-electron chi connectivity index (χ0n) is 9.27. The van der Waals surface area contributed by atoms with Gasteiger partial charge in [-0.3, -0.25) is 0 Å². The first-order valence-electron chi connectivity index (χ1n) is 5.76. The van der Waals surface area contributed by atoms with E-state index in [-0.39, 0.29) is 0 Å². The third-order valence-electron chi connectivity index (χ3n) is 2.08. The number of hydrogen-bond acceptors (Lipinski definition) is 2. The second-order valence-corrected chi connectivity index (χ2v) is 3.51. The molecule has 0 atom stereocenters. The molecule has 0 fully saturated rings. The molecule has 0 aromatic heterocycles. The molecule has 0 unspecified atom stereocenters. The molecule has 0 rings (SSSR count). The van der Waals surface area contributed by atoms with Crippen LogP contribution in [-0.2, 0) is 4.84 Å². The number of unbranched alkanes of at least 4 members (excludes halogenated alkanes) is 5. The molecule has 1 N–H and O–H groups in total. The summed E-state index contributed by atoms with van der Waals surface area (Å²) in [5, 5.41) is 0. The topological polar surface area (TPSA) is 21.3 Å². The zero-order valence-corrected chi connectivity index (χ0v) is 9.27. The van der Waals surface area contributed by atoms with Gasteiger partial charge >= 0.3 is 0 Å². The van der Waals surface area contributed by atoms with Gasteiger partial charge < -0.3 is 4.84 Å². The van der Waals surface area contributed by atoms with Crippen molar-refractivity contribution in [3.63, 3.8) is 0 Å². The molecule has 0 aromatic carbocycles. The van der Waals surface area contributed by atoms with E-state index in [1.165, 1.54) is 44.9 Å². The van der Waals surface area contributed by atoms with E-state index in [1.807, 2.05) is 0 Å². The lowest BCUT2D eigenvalue weighted by atomic mass is 10.2. The van der Waals surface area contributed by atoms with Gasteiger partial charge in [-0.2, -0.15) is 0 Å². The highest BCUT2D eigenvalue weighted by atomic mass is 16.6. The largest absolute Gasteiger partial charge is 0.302 e. The van der Waals surface area contributed by atoms with E-state index in [4.69, 9.17) is 4.84 Å². The monoisotopic (exact) mass is 187 g/mol. The van der Waals surface area contributed by atoms with E-state index < -0.39 is 0 Å². The molecular weight excluding hydrogens is 162 g/mol. The zero-order chi connectivity index (χ0) is 9.78. The molecule has 0 radical (unpaired) electrons. The van der Waals surface area contributed by atoms with Gasteiger partial charge in [-0.1, -0.05) is 46.0 Å². The van der Waals surface area contributed by atoms with Crippen LogP contribution < -0.4 is 5.48 Å². The number of rotatable bonds is 10. The van der Waals surface area contributed by atoms with Crippen molar-refractivity contribution in [3.05, 3.63) is 0 Å². The fourth-order valence-electron chi connectivity index (χ4n) is 1.19. The molecule has 0 heterocycles. The summed E-state index contributed by atoms with van der Waals surface area (Å²) in [7, 11) is 0. The summed E-state index contributed by atoms with van der Waals surface area (Å²) < 4.78 is 0. The summed E-state index contributed by atoms with van der Waals surface area (Å²) in [6, 6.07) is 0. The van der Waals surface area contributed by atoms with Gasteiger partial charge in [0, 0.05) is 6.54 Å². The Morgan fingerprint density at radius 1 is 0.846 bits per heavy atom. The first kappa shape index (κ1) is 12.9. The second-order valence-electron chi connectivity index (χ2n) is 3.51. The first-order chi connectivity index (χ1) is 6.41. The summed E-state index contributed by atoms with van der Waals surface area (Å²) in [6.45, 7) is 6.31. The predicted octanol–water partition coefficient (Wildman–Crippen LogP) is 3.28. The highest BCUT2D eigenvalue weighted by molar-refractivity contribution is 4.41. The molecule has 80 valence electrons. The van der Waals surface area contributed by atoms with E-state index in [1.54, 1.807) is 0 Å². The van der Waals surface area contributed by atoms with Gasteiger partial charge in [0.1, 0.15) is 0 Å². The van der Waals surface area contributed by atoms with Crippen molar-refractivity contribution in [1.82, 2.24) is 5.48 Å². The van der Waals surface area contributed by atoms with E-state index in [2.05, 4.69) is 19.3 Å². The van der Waals surface area contributed by atoms with E-state index in [9.17, 15) is 0 Å². The average Bonchev–Trinajstić information content (AvgIpc) is 2.16. The number of hydroxylamine groups is 1. The average molecular weight is 187 g/mol. The van der Waals surface area contributed by atoms with Crippen LogP contribution in [0, 0.1) is 0 Å². The normalized spacial score (nSPS) is 10.6. The van der Waals surface area contributed by atoms with Crippen molar-refractivity contribution in [3.8, 4) is 0 Å². The molecule has 0 aliphatic carbocycles. The maximum atomic E-state index is 5.27. The summed E-state index contributed by atoms with van der Waals surface area (Å²) >= 11 is 0. The van der Waals surface area contributed by atoms with Crippen molar-refractivity contribution in [2.75, 3.05) is 13.2 Å². The molecule has 0 spiro atoms. The highest BCUT2D eigenvalue weighted by Gasteiger charge is 1.89. The van der Waals surface area contributed by atoms with Gasteiger partial charge in [0.25, 0.3) is 0 Å². The Kier molecular flexibility index (Phi) is 11.8. The van der Waals surface area contributed by atoms with Gasteiger partial charge in [-0.25, -0.2) is 5.48 Å². The van der Waals surface area contributed by atoms with E-state index in [0.717, 1.165) is 13.2 Å². The maximum absolute atomic E-state index is 5.27. The van der Waals surface area contributed by atoms with Crippen LogP contribution in [0.1, 0.15) is 58.8 Å². The predicted molar refractivity (Wildman–Crippen MR) is 57.6 cm³/mol. The SMILES string of the molecule is CCCCCCNOCCCCC. The molecule has 2 nitrogen and oxygen atoms in total. The Morgan fingerprint density at radius 3 is 2.23 bits per heavy atom. The van der Waals surface area contributed by atoms with Crippen LogP contribution in [0.3, 0.4) is 0 Å². The first-order valence-corrected chi connectivity index (χ1v) is 5.76. The van der Waals surface area contributed by atoms with E-state index in [0.29, 0.717) is 0 Å². The Bertz CT molecular complexity index is 76.2. The third kappa shape index (κ3) is 11.9. The lowest BCUT2D eigenvalue weighted by molar-refractivity contribution is 0.0379. The fourth-order valence-corrected chi connectivity index (χ4v) is 1.19. The van der Waals surface area contributed by atoms with Gasteiger partial charge in [0.2, 0.25) is 0 Å². The lowest BCUT2D eigenvalue weighted by Crippen LogP contribution is -2.16. The van der Waals surface area contributed by atoms with Crippen molar-refractivity contribution < 1.29 is 4.84 Å².